The molecule has 5 heteroatoms. The Kier molecular flexibility index (Phi) is 4.53. The SMILES string of the molecule is Cl.O=C(Nc1ccccc1Cl)C1Cc2ccccc2N1. The Labute approximate surface area is 128 Å². The third-order valence-electron chi connectivity index (χ3n) is 3.22. The molecule has 2 aromatic carbocycles. The maximum atomic E-state index is 12.2. The van der Waals surface area contributed by atoms with Crippen LogP contribution >= 0.6 is 24.0 Å². The van der Waals surface area contributed by atoms with Crippen molar-refractivity contribution >= 4 is 41.3 Å². The fourth-order valence-corrected chi connectivity index (χ4v) is 2.42. The normalized spacial score (nSPS) is 15.8. The zero-order chi connectivity index (χ0) is 13.2. The molecule has 3 nitrogen and oxygen atoms in total. The monoisotopic (exact) mass is 308 g/mol. The third kappa shape index (κ3) is 2.89. The summed E-state index contributed by atoms with van der Waals surface area (Å²) in [6, 6.07) is 14.9. The van der Waals surface area contributed by atoms with E-state index < -0.39 is 0 Å². The fraction of sp³-hybridized carbons (Fsp3) is 0.133. The molecule has 0 saturated heterocycles. The number of amides is 1. The Morgan fingerprint density at radius 3 is 2.60 bits per heavy atom. The summed E-state index contributed by atoms with van der Waals surface area (Å²) in [4.78, 5) is 12.2. The van der Waals surface area contributed by atoms with Crippen molar-refractivity contribution < 1.29 is 4.79 Å². The Hall–Kier alpha value is -1.71. The summed E-state index contributed by atoms with van der Waals surface area (Å²) in [6.07, 6.45) is 0.701. The summed E-state index contributed by atoms with van der Waals surface area (Å²) in [6.45, 7) is 0. The highest BCUT2D eigenvalue weighted by Crippen LogP contribution is 2.27. The number of carbonyl (C=O) groups is 1. The smallest absolute Gasteiger partial charge is 0.247 e. The van der Waals surface area contributed by atoms with Crippen molar-refractivity contribution in [1.29, 1.82) is 0 Å². The van der Waals surface area contributed by atoms with Gasteiger partial charge in [-0.3, -0.25) is 4.79 Å². The van der Waals surface area contributed by atoms with Gasteiger partial charge in [0, 0.05) is 12.1 Å². The van der Waals surface area contributed by atoms with Crippen LogP contribution in [0.1, 0.15) is 5.56 Å². The van der Waals surface area contributed by atoms with E-state index in [1.165, 1.54) is 5.56 Å². The highest BCUT2D eigenvalue weighted by molar-refractivity contribution is 6.33. The molecular formula is C15H14Cl2N2O. The number of nitrogens with one attached hydrogen (secondary N) is 2. The van der Waals surface area contributed by atoms with Gasteiger partial charge in [-0.15, -0.1) is 12.4 Å². The summed E-state index contributed by atoms with van der Waals surface area (Å²) in [7, 11) is 0. The van der Waals surface area contributed by atoms with Crippen LogP contribution in [0.25, 0.3) is 0 Å². The van der Waals surface area contributed by atoms with E-state index in [9.17, 15) is 4.79 Å². The number of anilines is 2. The third-order valence-corrected chi connectivity index (χ3v) is 3.55. The van der Waals surface area contributed by atoms with Crippen LogP contribution in [-0.2, 0) is 11.2 Å². The second-order valence-electron chi connectivity index (χ2n) is 4.53. The molecule has 104 valence electrons. The lowest BCUT2D eigenvalue weighted by atomic mass is 10.1. The molecular weight excluding hydrogens is 295 g/mol. The topological polar surface area (TPSA) is 41.1 Å². The van der Waals surface area contributed by atoms with E-state index in [2.05, 4.69) is 10.6 Å². The Balaban J connectivity index is 0.00000147. The lowest BCUT2D eigenvalue weighted by Gasteiger charge is -2.12. The van der Waals surface area contributed by atoms with Crippen molar-refractivity contribution in [3.05, 3.63) is 59.1 Å². The van der Waals surface area contributed by atoms with Gasteiger partial charge in [0.2, 0.25) is 5.91 Å². The molecule has 0 radical (unpaired) electrons. The predicted molar refractivity (Wildman–Crippen MR) is 84.9 cm³/mol. The number of para-hydroxylation sites is 2. The van der Waals surface area contributed by atoms with Gasteiger partial charge >= 0.3 is 0 Å². The molecule has 2 aromatic rings. The first-order valence-corrected chi connectivity index (χ1v) is 6.51. The van der Waals surface area contributed by atoms with E-state index >= 15 is 0 Å². The van der Waals surface area contributed by atoms with Crippen molar-refractivity contribution in [2.24, 2.45) is 0 Å². The van der Waals surface area contributed by atoms with E-state index in [-0.39, 0.29) is 24.4 Å². The van der Waals surface area contributed by atoms with Gasteiger partial charge in [0.15, 0.2) is 0 Å². The van der Waals surface area contributed by atoms with Crippen LogP contribution in [-0.4, -0.2) is 11.9 Å². The van der Waals surface area contributed by atoms with Gasteiger partial charge < -0.3 is 10.6 Å². The van der Waals surface area contributed by atoms with Crippen LogP contribution in [0.15, 0.2) is 48.5 Å². The van der Waals surface area contributed by atoms with Crippen LogP contribution in [0.4, 0.5) is 11.4 Å². The number of rotatable bonds is 2. The van der Waals surface area contributed by atoms with Crippen LogP contribution < -0.4 is 10.6 Å². The van der Waals surface area contributed by atoms with Gasteiger partial charge in [0.25, 0.3) is 0 Å². The maximum Gasteiger partial charge on any atom is 0.247 e. The van der Waals surface area contributed by atoms with Gasteiger partial charge in [0.05, 0.1) is 10.7 Å². The lowest BCUT2D eigenvalue weighted by molar-refractivity contribution is -0.116. The molecule has 1 heterocycles. The molecule has 3 rings (SSSR count). The van der Waals surface area contributed by atoms with Crippen LogP contribution in [0.3, 0.4) is 0 Å². The lowest BCUT2D eigenvalue weighted by Crippen LogP contribution is -2.32. The maximum absolute atomic E-state index is 12.2. The first kappa shape index (κ1) is 14.7. The molecule has 0 fully saturated rings. The summed E-state index contributed by atoms with van der Waals surface area (Å²) >= 11 is 6.03. The number of hydrogen-bond acceptors (Lipinski definition) is 2. The molecule has 0 spiro atoms. The molecule has 0 bridgehead atoms. The van der Waals surface area contributed by atoms with E-state index in [0.717, 1.165) is 5.69 Å². The van der Waals surface area contributed by atoms with E-state index in [1.807, 2.05) is 36.4 Å². The average molecular weight is 309 g/mol. The van der Waals surface area contributed by atoms with E-state index in [1.54, 1.807) is 12.1 Å². The summed E-state index contributed by atoms with van der Waals surface area (Å²) < 4.78 is 0. The zero-order valence-corrected chi connectivity index (χ0v) is 12.2. The Morgan fingerprint density at radius 2 is 1.85 bits per heavy atom. The minimum absolute atomic E-state index is 0. The number of carbonyl (C=O) groups excluding carboxylic acids is 1. The van der Waals surface area contributed by atoms with Crippen molar-refractivity contribution in [2.75, 3.05) is 10.6 Å². The first-order chi connectivity index (χ1) is 9.24. The molecule has 2 N–H and O–H groups in total. The number of halogens is 2. The van der Waals surface area contributed by atoms with Crippen molar-refractivity contribution in [1.82, 2.24) is 0 Å². The first-order valence-electron chi connectivity index (χ1n) is 6.14. The molecule has 1 amide bonds. The number of hydrogen-bond donors (Lipinski definition) is 2. The standard InChI is InChI=1S/C15H13ClN2O.ClH/c16-11-6-2-4-8-13(11)18-15(19)14-9-10-5-1-3-7-12(10)17-14;/h1-8,14,17H,9H2,(H,18,19);1H. The van der Waals surface area contributed by atoms with Gasteiger partial charge in [-0.25, -0.2) is 0 Å². The Morgan fingerprint density at radius 1 is 1.15 bits per heavy atom. The summed E-state index contributed by atoms with van der Waals surface area (Å²) in [5, 5.41) is 6.62. The van der Waals surface area contributed by atoms with Crippen molar-refractivity contribution in [2.45, 2.75) is 12.5 Å². The van der Waals surface area contributed by atoms with Gasteiger partial charge in [-0.1, -0.05) is 41.9 Å². The second-order valence-corrected chi connectivity index (χ2v) is 4.93. The highest BCUT2D eigenvalue weighted by atomic mass is 35.5. The van der Waals surface area contributed by atoms with Crippen LogP contribution in [0.5, 0.6) is 0 Å². The molecule has 1 unspecified atom stereocenters. The predicted octanol–water partition coefficient (Wildman–Crippen LogP) is 3.74. The fourth-order valence-electron chi connectivity index (χ4n) is 2.24. The highest BCUT2D eigenvalue weighted by Gasteiger charge is 2.26. The number of fused-ring (bicyclic) bond motifs is 1. The van der Waals surface area contributed by atoms with Crippen LogP contribution in [0.2, 0.25) is 5.02 Å². The van der Waals surface area contributed by atoms with Gasteiger partial charge in [-0.05, 0) is 23.8 Å². The van der Waals surface area contributed by atoms with E-state index in [4.69, 9.17) is 11.6 Å². The zero-order valence-electron chi connectivity index (χ0n) is 10.6. The number of benzene rings is 2. The molecule has 1 atom stereocenters. The average Bonchev–Trinajstić information content (AvgIpc) is 2.85. The molecule has 0 saturated carbocycles. The van der Waals surface area contributed by atoms with Crippen LogP contribution in [0, 0.1) is 0 Å². The molecule has 1 aliphatic rings. The van der Waals surface area contributed by atoms with Crippen molar-refractivity contribution in [3.8, 4) is 0 Å². The van der Waals surface area contributed by atoms with Gasteiger partial charge in [0.1, 0.15) is 6.04 Å². The quantitative estimate of drug-likeness (QED) is 0.887. The molecule has 20 heavy (non-hydrogen) atoms. The van der Waals surface area contributed by atoms with Crippen molar-refractivity contribution in [3.63, 3.8) is 0 Å². The Bertz CT molecular complexity index is 606. The minimum Gasteiger partial charge on any atom is -0.373 e. The molecule has 0 aliphatic carbocycles. The van der Waals surface area contributed by atoms with E-state index in [0.29, 0.717) is 17.1 Å². The molecule has 1 aliphatic heterocycles. The summed E-state index contributed by atoms with van der Waals surface area (Å²) in [5.41, 5.74) is 2.84. The minimum atomic E-state index is -0.242. The largest absolute Gasteiger partial charge is 0.373 e. The second kappa shape index (κ2) is 6.16. The molecule has 0 aromatic heterocycles. The summed E-state index contributed by atoms with van der Waals surface area (Å²) in [5.74, 6) is -0.0655. The van der Waals surface area contributed by atoms with Gasteiger partial charge in [-0.2, -0.15) is 0 Å².